The minimum absolute atomic E-state index is 0.0502. The molecule has 26 heavy (non-hydrogen) atoms. The smallest absolute Gasteiger partial charge is 0.236 e. The number of hydrogen-bond acceptors (Lipinski definition) is 5. The highest BCUT2D eigenvalue weighted by molar-refractivity contribution is 8.15. The van der Waals surface area contributed by atoms with E-state index in [4.69, 9.17) is 5.10 Å². The van der Waals surface area contributed by atoms with Crippen LogP contribution in [0.2, 0.25) is 0 Å². The van der Waals surface area contributed by atoms with E-state index < -0.39 is 0 Å². The average Bonchev–Trinajstić information content (AvgIpc) is 3.30. The highest BCUT2D eigenvalue weighted by Crippen LogP contribution is 2.22. The Kier molecular flexibility index (Phi) is 4.61. The maximum atomic E-state index is 11.2. The summed E-state index contributed by atoms with van der Waals surface area (Å²) < 4.78 is 1.82. The fraction of sp³-hybridized carbons (Fsp3) is 0.0526. The Morgan fingerprint density at radius 1 is 1.08 bits per heavy atom. The molecular weight excluding hydrogens is 346 g/mol. The van der Waals surface area contributed by atoms with Crippen molar-refractivity contribution in [3.05, 3.63) is 72.4 Å². The Bertz CT molecular complexity index is 980. The Hall–Kier alpha value is -3.19. The molecule has 1 N–H and O–H groups in total. The number of nitrogens with one attached hydrogen (secondary N) is 1. The zero-order valence-electron chi connectivity index (χ0n) is 13.7. The lowest BCUT2D eigenvalue weighted by Gasteiger charge is -2.00. The Labute approximate surface area is 154 Å². The molecule has 4 rings (SSSR count). The van der Waals surface area contributed by atoms with Crippen molar-refractivity contribution >= 4 is 29.1 Å². The third-order valence-corrected chi connectivity index (χ3v) is 4.61. The summed E-state index contributed by atoms with van der Waals surface area (Å²) in [6.07, 6.45) is 3.58. The quantitative estimate of drug-likeness (QED) is 0.573. The van der Waals surface area contributed by atoms with E-state index in [9.17, 15) is 4.79 Å². The van der Waals surface area contributed by atoms with Gasteiger partial charge in [0, 0.05) is 17.3 Å². The van der Waals surface area contributed by atoms with Gasteiger partial charge in [-0.1, -0.05) is 60.3 Å². The summed E-state index contributed by atoms with van der Waals surface area (Å²) in [5, 5.41) is 16.1. The molecule has 1 fully saturated rings. The van der Waals surface area contributed by atoms with Crippen LogP contribution in [0.5, 0.6) is 0 Å². The van der Waals surface area contributed by atoms with Crippen molar-refractivity contribution in [2.45, 2.75) is 0 Å². The minimum Gasteiger partial charge on any atom is -0.303 e. The van der Waals surface area contributed by atoms with E-state index in [2.05, 4.69) is 15.5 Å². The van der Waals surface area contributed by atoms with Crippen LogP contribution in [-0.4, -0.2) is 32.8 Å². The molecule has 1 aliphatic heterocycles. The first-order chi connectivity index (χ1) is 12.8. The molecule has 0 aliphatic carbocycles. The van der Waals surface area contributed by atoms with Crippen LogP contribution in [0.15, 0.2) is 77.1 Å². The van der Waals surface area contributed by atoms with Gasteiger partial charge in [-0.15, -0.1) is 5.10 Å². The molecular formula is C19H15N5OS. The number of nitrogens with zero attached hydrogens (tertiary/aromatic N) is 4. The summed E-state index contributed by atoms with van der Waals surface area (Å²) in [6, 6.07) is 19.8. The van der Waals surface area contributed by atoms with Crippen molar-refractivity contribution < 1.29 is 4.79 Å². The van der Waals surface area contributed by atoms with Gasteiger partial charge in [0.05, 0.1) is 17.7 Å². The van der Waals surface area contributed by atoms with Crippen LogP contribution in [0.25, 0.3) is 16.9 Å². The van der Waals surface area contributed by atoms with Gasteiger partial charge in [0.1, 0.15) is 5.69 Å². The van der Waals surface area contributed by atoms with Gasteiger partial charge in [-0.2, -0.15) is 10.2 Å². The molecule has 0 radical (unpaired) electrons. The third kappa shape index (κ3) is 3.57. The number of carbonyl (C=O) groups is 1. The summed E-state index contributed by atoms with van der Waals surface area (Å²) >= 11 is 1.34. The highest BCUT2D eigenvalue weighted by Gasteiger charge is 2.16. The fourth-order valence-electron chi connectivity index (χ4n) is 2.54. The Morgan fingerprint density at radius 2 is 1.81 bits per heavy atom. The van der Waals surface area contributed by atoms with Crippen LogP contribution >= 0.6 is 11.8 Å². The normalized spacial score (nSPS) is 15.7. The summed E-state index contributed by atoms with van der Waals surface area (Å²) in [6.45, 7) is 0. The van der Waals surface area contributed by atoms with Crippen molar-refractivity contribution in [3.8, 4) is 16.9 Å². The number of amidine groups is 1. The number of carbonyl (C=O) groups excluding carboxylic acids is 1. The van der Waals surface area contributed by atoms with Crippen molar-refractivity contribution in [1.82, 2.24) is 15.1 Å². The second-order valence-electron chi connectivity index (χ2n) is 5.57. The number of hydrogen-bond donors (Lipinski definition) is 1. The predicted molar refractivity (Wildman–Crippen MR) is 105 cm³/mol. The first-order valence-corrected chi connectivity index (χ1v) is 9.02. The molecule has 1 aliphatic rings. The van der Waals surface area contributed by atoms with E-state index in [1.165, 1.54) is 11.8 Å². The van der Waals surface area contributed by atoms with Crippen molar-refractivity contribution in [1.29, 1.82) is 0 Å². The number of aromatic nitrogens is 2. The summed E-state index contributed by atoms with van der Waals surface area (Å²) in [5.74, 6) is 0.334. The second-order valence-corrected chi connectivity index (χ2v) is 6.53. The predicted octanol–water partition coefficient (Wildman–Crippen LogP) is 3.09. The average molecular weight is 361 g/mol. The SMILES string of the molecule is O=C1CS/C(=N/N=C/c2cn(-c3ccccc3)nc2-c2ccccc2)N1. The topological polar surface area (TPSA) is 71.6 Å². The lowest BCUT2D eigenvalue weighted by molar-refractivity contribution is -0.116. The van der Waals surface area contributed by atoms with Crippen molar-refractivity contribution in [2.75, 3.05) is 5.75 Å². The van der Waals surface area contributed by atoms with Crippen LogP contribution < -0.4 is 5.32 Å². The summed E-state index contributed by atoms with van der Waals surface area (Å²) in [7, 11) is 0. The molecule has 1 amide bonds. The lowest BCUT2D eigenvalue weighted by atomic mass is 10.1. The molecule has 7 heteroatoms. The van der Waals surface area contributed by atoms with Crippen molar-refractivity contribution in [2.24, 2.45) is 10.2 Å². The van der Waals surface area contributed by atoms with Gasteiger partial charge in [-0.3, -0.25) is 4.79 Å². The van der Waals surface area contributed by atoms with E-state index in [0.717, 1.165) is 22.5 Å². The molecule has 2 heterocycles. The molecule has 1 saturated heterocycles. The third-order valence-electron chi connectivity index (χ3n) is 3.74. The number of para-hydroxylation sites is 1. The largest absolute Gasteiger partial charge is 0.303 e. The first-order valence-electron chi connectivity index (χ1n) is 8.04. The molecule has 0 unspecified atom stereocenters. The van der Waals surface area contributed by atoms with E-state index in [1.807, 2.05) is 71.5 Å². The maximum absolute atomic E-state index is 11.2. The van der Waals surface area contributed by atoms with Crippen LogP contribution in [0.1, 0.15) is 5.56 Å². The van der Waals surface area contributed by atoms with E-state index in [0.29, 0.717) is 10.9 Å². The zero-order chi connectivity index (χ0) is 17.8. The highest BCUT2D eigenvalue weighted by atomic mass is 32.2. The van der Waals surface area contributed by atoms with Gasteiger partial charge in [-0.25, -0.2) is 4.68 Å². The molecule has 3 aromatic rings. The lowest BCUT2D eigenvalue weighted by Crippen LogP contribution is -2.19. The van der Waals surface area contributed by atoms with Gasteiger partial charge in [-0.05, 0) is 12.1 Å². The van der Waals surface area contributed by atoms with Gasteiger partial charge < -0.3 is 5.32 Å². The minimum atomic E-state index is -0.0502. The van der Waals surface area contributed by atoms with Gasteiger partial charge in [0.25, 0.3) is 0 Å². The maximum Gasteiger partial charge on any atom is 0.236 e. The second kappa shape index (κ2) is 7.37. The number of rotatable bonds is 4. The standard InChI is InChI=1S/C19H15N5OS/c25-17-13-26-19(21-17)22-20-11-15-12-24(16-9-5-2-6-10-16)23-18(15)14-7-3-1-4-8-14/h1-12H,13H2,(H,21,22,25)/b20-11+. The number of benzene rings is 2. The molecule has 0 spiro atoms. The Balaban J connectivity index is 1.70. The number of thioether (sulfide) groups is 1. The monoisotopic (exact) mass is 361 g/mol. The molecule has 0 atom stereocenters. The van der Waals surface area contributed by atoms with Crippen molar-refractivity contribution in [3.63, 3.8) is 0 Å². The van der Waals surface area contributed by atoms with Crippen LogP contribution in [0.3, 0.4) is 0 Å². The molecule has 6 nitrogen and oxygen atoms in total. The summed E-state index contributed by atoms with van der Waals surface area (Å²) in [5.41, 5.74) is 3.63. The van der Waals surface area contributed by atoms with Crippen LogP contribution in [0.4, 0.5) is 0 Å². The molecule has 1 aromatic heterocycles. The molecule has 128 valence electrons. The van der Waals surface area contributed by atoms with E-state index in [-0.39, 0.29) is 5.91 Å². The van der Waals surface area contributed by atoms with Gasteiger partial charge >= 0.3 is 0 Å². The molecule has 0 saturated carbocycles. The molecule has 0 bridgehead atoms. The Morgan fingerprint density at radius 3 is 2.50 bits per heavy atom. The van der Waals surface area contributed by atoms with Crippen LogP contribution in [0, 0.1) is 0 Å². The fourth-order valence-corrected chi connectivity index (χ4v) is 3.17. The first kappa shape index (κ1) is 16.3. The zero-order valence-corrected chi connectivity index (χ0v) is 14.6. The van der Waals surface area contributed by atoms with Crippen LogP contribution in [-0.2, 0) is 4.79 Å². The van der Waals surface area contributed by atoms with Gasteiger partial charge in [0.15, 0.2) is 5.17 Å². The molecule has 2 aromatic carbocycles. The van der Waals surface area contributed by atoms with E-state index in [1.54, 1.807) is 6.21 Å². The van der Waals surface area contributed by atoms with Gasteiger partial charge in [0.2, 0.25) is 5.91 Å². The van der Waals surface area contributed by atoms with E-state index >= 15 is 0 Å². The number of amides is 1. The summed E-state index contributed by atoms with van der Waals surface area (Å²) in [4.78, 5) is 11.2.